The van der Waals surface area contributed by atoms with Gasteiger partial charge in [-0.15, -0.1) is 11.3 Å². The van der Waals surface area contributed by atoms with Crippen molar-refractivity contribution < 1.29 is 0 Å². The number of nitrogens with zero attached hydrogens (tertiary/aromatic N) is 1. The molecule has 0 atom stereocenters. The third kappa shape index (κ3) is 2.02. The second-order valence-electron chi connectivity index (χ2n) is 10.2. The van der Waals surface area contributed by atoms with E-state index in [4.69, 9.17) is 0 Å². The van der Waals surface area contributed by atoms with Crippen molar-refractivity contribution in [2.45, 2.75) is 26.2 Å². The van der Waals surface area contributed by atoms with Crippen molar-refractivity contribution in [3.05, 3.63) is 95.6 Å². The standard InChI is InChI=1S/C30H22BNS/c1-17-15-21-26-24(16-17)32-27-19(29-28(32)18-9-4-7-14-25(18)33-29)10-8-13-23(27)31(26)22-12-6-5-11-20(22)30(21,2)3/h4-16H,1-3H3. The molecule has 0 aliphatic carbocycles. The molecule has 0 fully saturated rings. The molecule has 0 saturated heterocycles. The molecule has 4 aromatic carbocycles. The van der Waals surface area contributed by atoms with E-state index in [1.54, 1.807) is 0 Å². The minimum absolute atomic E-state index is 0.0302. The predicted octanol–water partition coefficient (Wildman–Crippen LogP) is 5.78. The minimum atomic E-state index is -0.0302. The highest BCUT2D eigenvalue weighted by atomic mass is 32.1. The molecule has 0 unspecified atom stereocenters. The molecule has 2 aliphatic heterocycles. The summed E-state index contributed by atoms with van der Waals surface area (Å²) in [6.07, 6.45) is 0. The number of hydrogen-bond acceptors (Lipinski definition) is 1. The quantitative estimate of drug-likeness (QED) is 0.264. The monoisotopic (exact) mass is 439 g/mol. The van der Waals surface area contributed by atoms with Crippen LogP contribution in [0.4, 0.5) is 0 Å². The van der Waals surface area contributed by atoms with E-state index in [-0.39, 0.29) is 12.1 Å². The van der Waals surface area contributed by atoms with Crippen LogP contribution in [0.3, 0.4) is 0 Å². The first kappa shape index (κ1) is 18.2. The fourth-order valence-electron chi connectivity index (χ4n) is 6.74. The summed E-state index contributed by atoms with van der Waals surface area (Å²) in [5.41, 5.74) is 12.8. The highest BCUT2D eigenvalue weighted by molar-refractivity contribution is 7.26. The van der Waals surface area contributed by atoms with Crippen molar-refractivity contribution in [1.29, 1.82) is 0 Å². The maximum Gasteiger partial charge on any atom is 0.247 e. The summed E-state index contributed by atoms with van der Waals surface area (Å²) in [5, 5.41) is 2.75. The zero-order valence-electron chi connectivity index (χ0n) is 18.9. The van der Waals surface area contributed by atoms with Crippen molar-refractivity contribution in [3.8, 4) is 5.69 Å². The number of thiophene rings is 1. The van der Waals surface area contributed by atoms with Gasteiger partial charge in [0.15, 0.2) is 0 Å². The minimum Gasteiger partial charge on any atom is -0.309 e. The van der Waals surface area contributed by atoms with Crippen molar-refractivity contribution in [2.75, 3.05) is 0 Å². The van der Waals surface area contributed by atoms with E-state index in [1.165, 1.54) is 70.0 Å². The first-order valence-electron chi connectivity index (χ1n) is 11.7. The number of hydrogen-bond donors (Lipinski definition) is 0. The average Bonchev–Trinajstić information content (AvgIpc) is 3.35. The fraction of sp³-hybridized carbons (Fsp3) is 0.133. The maximum atomic E-state index is 2.60. The first-order chi connectivity index (χ1) is 16.1. The molecule has 0 bridgehead atoms. The second kappa shape index (κ2) is 5.79. The summed E-state index contributed by atoms with van der Waals surface area (Å²) in [6.45, 7) is 7.34. The van der Waals surface area contributed by atoms with Crippen molar-refractivity contribution in [1.82, 2.24) is 4.57 Å². The summed E-state index contributed by atoms with van der Waals surface area (Å²) in [6, 6.07) is 29.9. The SMILES string of the molecule is Cc1cc2c3c(c1)C(C)(C)c1ccccc1B3c1cccc3c4sc5ccccc5c4n-2c13. The van der Waals surface area contributed by atoms with Gasteiger partial charge in [0.2, 0.25) is 6.71 Å². The van der Waals surface area contributed by atoms with Crippen LogP contribution < -0.4 is 16.4 Å². The first-order valence-corrected chi connectivity index (χ1v) is 12.6. The van der Waals surface area contributed by atoms with Gasteiger partial charge >= 0.3 is 0 Å². The van der Waals surface area contributed by atoms with E-state index in [1.807, 2.05) is 11.3 Å². The molecule has 2 aromatic heterocycles. The van der Waals surface area contributed by atoms with E-state index in [2.05, 4.69) is 104 Å². The third-order valence-electron chi connectivity index (χ3n) is 8.09. The van der Waals surface area contributed by atoms with Crippen LogP contribution in [0.25, 0.3) is 36.9 Å². The Morgan fingerprint density at radius 3 is 2.42 bits per heavy atom. The Morgan fingerprint density at radius 2 is 1.52 bits per heavy atom. The zero-order valence-corrected chi connectivity index (χ0v) is 19.8. The Bertz CT molecular complexity index is 1820. The van der Waals surface area contributed by atoms with E-state index >= 15 is 0 Å². The van der Waals surface area contributed by atoms with Gasteiger partial charge in [-0.1, -0.05) is 86.0 Å². The largest absolute Gasteiger partial charge is 0.309 e. The molecule has 0 saturated carbocycles. The van der Waals surface area contributed by atoms with Gasteiger partial charge in [-0.25, -0.2) is 0 Å². The van der Waals surface area contributed by atoms with E-state index < -0.39 is 0 Å². The molecule has 2 aliphatic rings. The molecule has 0 amide bonds. The van der Waals surface area contributed by atoms with Gasteiger partial charge < -0.3 is 4.57 Å². The number of aryl methyl sites for hydroxylation is 1. The molecule has 0 radical (unpaired) electrons. The summed E-state index contributed by atoms with van der Waals surface area (Å²) >= 11 is 1.94. The van der Waals surface area contributed by atoms with Crippen LogP contribution in [0.1, 0.15) is 30.5 Å². The summed E-state index contributed by atoms with van der Waals surface area (Å²) in [5.74, 6) is 0. The Hall–Kier alpha value is -3.30. The molecular formula is C30H22BNS. The van der Waals surface area contributed by atoms with Crippen molar-refractivity contribution >= 4 is 65.6 Å². The van der Waals surface area contributed by atoms with Crippen LogP contribution in [0.15, 0.2) is 78.9 Å². The summed E-state index contributed by atoms with van der Waals surface area (Å²) in [4.78, 5) is 0. The number of rotatable bonds is 0. The van der Waals surface area contributed by atoms with E-state index in [0.717, 1.165) is 0 Å². The zero-order chi connectivity index (χ0) is 22.1. The van der Waals surface area contributed by atoms with Crippen LogP contribution >= 0.6 is 11.3 Å². The van der Waals surface area contributed by atoms with Gasteiger partial charge in [0.25, 0.3) is 0 Å². The highest BCUT2D eigenvalue weighted by Crippen LogP contribution is 2.44. The maximum absolute atomic E-state index is 2.60. The highest BCUT2D eigenvalue weighted by Gasteiger charge is 2.45. The molecular weight excluding hydrogens is 417 g/mol. The van der Waals surface area contributed by atoms with Crippen molar-refractivity contribution in [3.63, 3.8) is 0 Å². The third-order valence-corrected chi connectivity index (χ3v) is 9.28. The summed E-state index contributed by atoms with van der Waals surface area (Å²) in [7, 11) is 0. The van der Waals surface area contributed by atoms with Gasteiger partial charge in [-0.2, -0.15) is 0 Å². The normalized spacial score (nSPS) is 15.3. The van der Waals surface area contributed by atoms with Crippen LogP contribution in [-0.4, -0.2) is 11.3 Å². The Kier molecular flexibility index (Phi) is 3.19. The Morgan fingerprint density at radius 1 is 0.758 bits per heavy atom. The van der Waals surface area contributed by atoms with E-state index in [0.29, 0.717) is 0 Å². The van der Waals surface area contributed by atoms with Gasteiger partial charge in [0.1, 0.15) is 0 Å². The molecule has 3 heteroatoms. The fourth-order valence-corrected chi connectivity index (χ4v) is 7.96. The van der Waals surface area contributed by atoms with Crippen LogP contribution in [-0.2, 0) is 5.41 Å². The molecule has 6 aromatic rings. The molecule has 4 heterocycles. The van der Waals surface area contributed by atoms with E-state index in [9.17, 15) is 0 Å². The molecule has 156 valence electrons. The molecule has 8 rings (SSSR count). The Balaban J connectivity index is 1.67. The molecule has 0 N–H and O–H groups in total. The van der Waals surface area contributed by atoms with Crippen molar-refractivity contribution in [2.24, 2.45) is 0 Å². The lowest BCUT2D eigenvalue weighted by atomic mass is 9.30. The van der Waals surface area contributed by atoms with Crippen LogP contribution in [0, 0.1) is 6.92 Å². The molecule has 33 heavy (non-hydrogen) atoms. The van der Waals surface area contributed by atoms with Crippen LogP contribution in [0.2, 0.25) is 0 Å². The molecule has 0 spiro atoms. The summed E-state index contributed by atoms with van der Waals surface area (Å²) < 4.78 is 5.38. The average molecular weight is 439 g/mol. The van der Waals surface area contributed by atoms with Gasteiger partial charge in [-0.3, -0.25) is 0 Å². The number of benzene rings is 4. The number of aromatic nitrogens is 1. The van der Waals surface area contributed by atoms with Gasteiger partial charge in [-0.05, 0) is 46.7 Å². The molecule has 1 nitrogen and oxygen atoms in total. The second-order valence-corrected chi connectivity index (χ2v) is 11.3. The predicted molar refractivity (Wildman–Crippen MR) is 144 cm³/mol. The lowest BCUT2D eigenvalue weighted by Crippen LogP contribution is -2.63. The van der Waals surface area contributed by atoms with Gasteiger partial charge in [0, 0.05) is 26.6 Å². The Labute approximate surface area is 197 Å². The van der Waals surface area contributed by atoms with Gasteiger partial charge in [0.05, 0.1) is 15.7 Å². The number of para-hydroxylation sites is 1. The smallest absolute Gasteiger partial charge is 0.247 e. The lowest BCUT2D eigenvalue weighted by Gasteiger charge is -2.42. The topological polar surface area (TPSA) is 4.93 Å². The number of fused-ring (bicyclic) bond motifs is 9. The van der Waals surface area contributed by atoms with Crippen LogP contribution in [0.5, 0.6) is 0 Å². The lowest BCUT2D eigenvalue weighted by molar-refractivity contribution is 0.645.